The molecule has 0 spiro atoms. The maximum Gasteiger partial charge on any atom is 0.160 e. The number of nitroso groups, excluding NO2 is 1. The van der Waals surface area contributed by atoms with E-state index in [0.717, 1.165) is 0 Å². The third-order valence-corrected chi connectivity index (χ3v) is 1.23. The number of hydrogen-bond acceptors (Lipinski definition) is 3. The number of carbonyl (C=O) groups excluding carboxylic acids is 1. The Morgan fingerprint density at radius 3 is 2.20 bits per heavy atom. The summed E-state index contributed by atoms with van der Waals surface area (Å²) in [6.07, 6.45) is 0.451. The van der Waals surface area contributed by atoms with Crippen molar-refractivity contribution in [1.82, 2.24) is 0 Å². The molecule has 3 heteroatoms. The topological polar surface area (TPSA) is 46.5 Å². The van der Waals surface area contributed by atoms with Crippen LogP contribution in [0, 0.1) is 10.8 Å². The van der Waals surface area contributed by atoms with Crippen molar-refractivity contribution in [2.24, 2.45) is 11.1 Å². The molecule has 0 saturated carbocycles. The third-order valence-electron chi connectivity index (χ3n) is 1.23. The Bertz CT molecular complexity index is 132. The number of ketones is 1. The minimum absolute atomic E-state index is 0.0648. The zero-order chi connectivity index (χ0) is 8.15. The van der Waals surface area contributed by atoms with Crippen LogP contribution in [0.5, 0.6) is 0 Å². The van der Waals surface area contributed by atoms with Gasteiger partial charge in [0.05, 0.1) is 0 Å². The summed E-state index contributed by atoms with van der Waals surface area (Å²) in [5, 5.41) is 2.64. The van der Waals surface area contributed by atoms with E-state index in [1.165, 1.54) is 6.92 Å². The van der Waals surface area contributed by atoms with E-state index in [9.17, 15) is 9.70 Å². The zero-order valence-corrected chi connectivity index (χ0v) is 6.63. The Labute approximate surface area is 60.8 Å². The smallest absolute Gasteiger partial charge is 0.160 e. The average molecular weight is 143 g/mol. The maximum absolute atomic E-state index is 10.9. The molecule has 0 heterocycles. The molecule has 10 heavy (non-hydrogen) atoms. The van der Waals surface area contributed by atoms with Crippen molar-refractivity contribution in [3.05, 3.63) is 4.91 Å². The highest BCUT2D eigenvalue weighted by atomic mass is 16.3. The van der Waals surface area contributed by atoms with Crippen LogP contribution in [0.3, 0.4) is 0 Å². The molecule has 0 rings (SSSR count). The van der Waals surface area contributed by atoms with Gasteiger partial charge in [-0.3, -0.25) is 4.79 Å². The van der Waals surface area contributed by atoms with Gasteiger partial charge in [0.2, 0.25) is 0 Å². The quantitative estimate of drug-likeness (QED) is 0.563. The predicted molar refractivity (Wildman–Crippen MR) is 39.7 cm³/mol. The van der Waals surface area contributed by atoms with Crippen LogP contribution in [0.15, 0.2) is 5.18 Å². The molecule has 0 aromatic rings. The monoisotopic (exact) mass is 143 g/mol. The molecule has 0 aromatic heterocycles. The minimum Gasteiger partial charge on any atom is -0.297 e. The zero-order valence-electron chi connectivity index (χ0n) is 6.63. The normalized spacial score (nSPS) is 13.2. The first-order chi connectivity index (χ1) is 4.57. The molecule has 0 bridgehead atoms. The molecule has 0 amide bonds. The fourth-order valence-corrected chi connectivity index (χ4v) is 0.632. The molecular formula is C7H13NO2. The van der Waals surface area contributed by atoms with Crippen LogP contribution in [0.2, 0.25) is 0 Å². The van der Waals surface area contributed by atoms with Crippen molar-refractivity contribution in [2.45, 2.75) is 33.2 Å². The summed E-state index contributed by atoms with van der Waals surface area (Å²) < 4.78 is 0. The molecule has 0 aliphatic rings. The van der Waals surface area contributed by atoms with Crippen molar-refractivity contribution >= 4 is 5.78 Å². The van der Waals surface area contributed by atoms with Crippen molar-refractivity contribution in [3.63, 3.8) is 0 Å². The van der Waals surface area contributed by atoms with Crippen molar-refractivity contribution in [2.75, 3.05) is 0 Å². The lowest BCUT2D eigenvalue weighted by molar-refractivity contribution is -0.120. The Morgan fingerprint density at radius 2 is 1.90 bits per heavy atom. The van der Waals surface area contributed by atoms with Gasteiger partial charge in [0.25, 0.3) is 0 Å². The maximum atomic E-state index is 10.9. The van der Waals surface area contributed by atoms with Gasteiger partial charge in [0.1, 0.15) is 6.04 Å². The summed E-state index contributed by atoms with van der Waals surface area (Å²) in [6, 6.07) is -0.664. The lowest BCUT2D eigenvalue weighted by Crippen LogP contribution is -2.15. The second-order valence-corrected chi connectivity index (χ2v) is 2.85. The van der Waals surface area contributed by atoms with Gasteiger partial charge in [0.15, 0.2) is 5.78 Å². The highest BCUT2D eigenvalue weighted by Gasteiger charge is 2.13. The van der Waals surface area contributed by atoms with E-state index in [1.54, 1.807) is 0 Å². The molecule has 1 atom stereocenters. The molecule has 0 saturated heterocycles. The van der Waals surface area contributed by atoms with Gasteiger partial charge in [-0.25, -0.2) is 0 Å². The van der Waals surface area contributed by atoms with Gasteiger partial charge in [0, 0.05) is 6.42 Å². The fourth-order valence-electron chi connectivity index (χ4n) is 0.632. The number of hydrogen-bond donors (Lipinski definition) is 0. The van der Waals surface area contributed by atoms with Crippen LogP contribution in [0.1, 0.15) is 27.2 Å². The first-order valence-corrected chi connectivity index (χ1v) is 3.43. The summed E-state index contributed by atoms with van der Waals surface area (Å²) in [6.45, 7) is 5.41. The van der Waals surface area contributed by atoms with E-state index in [-0.39, 0.29) is 5.78 Å². The van der Waals surface area contributed by atoms with E-state index < -0.39 is 6.04 Å². The molecular weight excluding hydrogens is 130 g/mol. The molecule has 0 aliphatic carbocycles. The number of nitrogens with zero attached hydrogens (tertiary/aromatic N) is 1. The van der Waals surface area contributed by atoms with Crippen LogP contribution in [-0.2, 0) is 4.79 Å². The summed E-state index contributed by atoms with van der Waals surface area (Å²) >= 11 is 0. The number of Topliss-reactive ketones (excluding diaryl/α,β-unsaturated/α-hetero) is 1. The lowest BCUT2D eigenvalue weighted by Gasteiger charge is -2.03. The van der Waals surface area contributed by atoms with Crippen molar-refractivity contribution < 1.29 is 4.79 Å². The van der Waals surface area contributed by atoms with Gasteiger partial charge in [-0.1, -0.05) is 19.0 Å². The second kappa shape index (κ2) is 4.14. The molecule has 0 fully saturated rings. The Hall–Kier alpha value is -0.730. The predicted octanol–water partition coefficient (Wildman–Crippen LogP) is 1.76. The van der Waals surface area contributed by atoms with Crippen LogP contribution >= 0.6 is 0 Å². The Kier molecular flexibility index (Phi) is 3.84. The van der Waals surface area contributed by atoms with E-state index >= 15 is 0 Å². The number of rotatable bonds is 4. The van der Waals surface area contributed by atoms with Crippen LogP contribution < -0.4 is 0 Å². The first-order valence-electron chi connectivity index (χ1n) is 3.43. The van der Waals surface area contributed by atoms with Crippen molar-refractivity contribution in [3.8, 4) is 0 Å². The first kappa shape index (κ1) is 9.27. The van der Waals surface area contributed by atoms with Gasteiger partial charge < -0.3 is 0 Å². The highest BCUT2D eigenvalue weighted by Crippen LogP contribution is 2.04. The summed E-state index contributed by atoms with van der Waals surface area (Å²) in [5.74, 6) is 0.252. The van der Waals surface area contributed by atoms with E-state index in [2.05, 4.69) is 5.18 Å². The van der Waals surface area contributed by atoms with Crippen molar-refractivity contribution in [1.29, 1.82) is 0 Å². The van der Waals surface area contributed by atoms with Gasteiger partial charge >= 0.3 is 0 Å². The SMILES string of the molecule is CC(C)CC(=O)C(C)N=O. The van der Waals surface area contributed by atoms with Gasteiger partial charge in [-0.05, 0) is 12.8 Å². The minimum atomic E-state index is -0.664. The molecule has 0 aromatic carbocycles. The molecule has 1 unspecified atom stereocenters. The van der Waals surface area contributed by atoms with E-state index in [1.807, 2.05) is 13.8 Å². The van der Waals surface area contributed by atoms with Crippen LogP contribution in [0.25, 0.3) is 0 Å². The van der Waals surface area contributed by atoms with E-state index in [4.69, 9.17) is 0 Å². The third kappa shape index (κ3) is 3.33. The molecule has 0 radical (unpaired) electrons. The Morgan fingerprint density at radius 1 is 1.40 bits per heavy atom. The van der Waals surface area contributed by atoms with Crippen LogP contribution in [-0.4, -0.2) is 11.8 Å². The highest BCUT2D eigenvalue weighted by molar-refractivity contribution is 5.83. The second-order valence-electron chi connectivity index (χ2n) is 2.85. The summed E-state index contributed by atoms with van der Waals surface area (Å²) in [5.41, 5.74) is 0. The van der Waals surface area contributed by atoms with E-state index in [0.29, 0.717) is 12.3 Å². The number of carbonyl (C=O) groups is 1. The summed E-state index contributed by atoms with van der Waals surface area (Å²) in [7, 11) is 0. The molecule has 0 aliphatic heterocycles. The summed E-state index contributed by atoms with van der Waals surface area (Å²) in [4.78, 5) is 20.7. The van der Waals surface area contributed by atoms with Gasteiger partial charge in [-0.15, -0.1) is 0 Å². The largest absolute Gasteiger partial charge is 0.297 e. The molecule has 0 N–H and O–H groups in total. The lowest BCUT2D eigenvalue weighted by atomic mass is 10.0. The average Bonchev–Trinajstić information content (AvgIpc) is 1.85. The van der Waals surface area contributed by atoms with Gasteiger partial charge in [-0.2, -0.15) is 4.91 Å². The Balaban J connectivity index is 3.73. The fraction of sp³-hybridized carbons (Fsp3) is 0.857. The standard InChI is InChI=1S/C7H13NO2/c1-5(2)4-7(9)6(3)8-10/h5-6H,4H2,1-3H3. The molecule has 58 valence electrons. The van der Waals surface area contributed by atoms with Crippen LogP contribution in [0.4, 0.5) is 0 Å². The molecule has 3 nitrogen and oxygen atoms in total.